The Kier molecular flexibility index (Phi) is 5.02. The first-order valence-electron chi connectivity index (χ1n) is 6.57. The molecule has 114 valence electrons. The maximum Gasteiger partial charge on any atom is 0.315 e. The lowest BCUT2D eigenvalue weighted by Crippen LogP contribution is -2.04. The third-order valence-electron chi connectivity index (χ3n) is 2.80. The normalized spacial score (nSPS) is 10.0. The van der Waals surface area contributed by atoms with Gasteiger partial charge in [0.2, 0.25) is 5.75 Å². The summed E-state index contributed by atoms with van der Waals surface area (Å²) in [5.74, 6) is 0.170. The molecule has 0 saturated carbocycles. The third kappa shape index (κ3) is 3.57. The molecule has 0 spiro atoms. The Labute approximate surface area is 126 Å². The molecular formula is C15H14N2O5. The maximum atomic E-state index is 11.2. The molecule has 0 atom stereocenters. The Balaban J connectivity index is 2.37. The number of pyridine rings is 1. The highest BCUT2D eigenvalue weighted by Gasteiger charge is 2.22. The van der Waals surface area contributed by atoms with Crippen molar-refractivity contribution in [2.45, 2.75) is 13.5 Å². The van der Waals surface area contributed by atoms with Crippen LogP contribution in [-0.4, -0.2) is 22.8 Å². The Bertz CT molecular complexity index is 673. The molecule has 7 heteroatoms. The summed E-state index contributed by atoms with van der Waals surface area (Å²) in [4.78, 5) is 25.4. The molecule has 0 radical (unpaired) electrons. The number of benzene rings is 1. The number of rotatable bonds is 7. The molecule has 0 unspecified atom stereocenters. The van der Waals surface area contributed by atoms with Crippen molar-refractivity contribution in [1.29, 1.82) is 0 Å². The van der Waals surface area contributed by atoms with Gasteiger partial charge in [0.15, 0.2) is 5.75 Å². The summed E-state index contributed by atoms with van der Waals surface area (Å²) in [6, 6.07) is 6.11. The number of aromatic nitrogens is 1. The second kappa shape index (κ2) is 7.16. The monoisotopic (exact) mass is 302 g/mol. The van der Waals surface area contributed by atoms with Gasteiger partial charge in [0, 0.05) is 29.6 Å². The van der Waals surface area contributed by atoms with Gasteiger partial charge in [-0.2, -0.15) is 0 Å². The summed E-state index contributed by atoms with van der Waals surface area (Å²) < 4.78 is 10.9. The van der Waals surface area contributed by atoms with Crippen molar-refractivity contribution in [2.24, 2.45) is 0 Å². The van der Waals surface area contributed by atoms with E-state index in [9.17, 15) is 14.9 Å². The quantitative estimate of drug-likeness (QED) is 0.443. The zero-order valence-corrected chi connectivity index (χ0v) is 11.9. The summed E-state index contributed by atoms with van der Waals surface area (Å²) in [6.07, 6.45) is 3.75. The van der Waals surface area contributed by atoms with Crippen LogP contribution in [-0.2, 0) is 6.61 Å². The number of carbonyl (C=O) groups excluding carboxylic acids is 1. The lowest BCUT2D eigenvalue weighted by atomic mass is 10.2. The van der Waals surface area contributed by atoms with E-state index in [0.29, 0.717) is 12.9 Å². The molecule has 0 amide bonds. The Hall–Kier alpha value is -2.96. The van der Waals surface area contributed by atoms with E-state index in [0.717, 1.165) is 11.6 Å². The number of nitrogens with zero attached hydrogens (tertiary/aromatic N) is 2. The first-order chi connectivity index (χ1) is 10.7. The van der Waals surface area contributed by atoms with E-state index in [1.54, 1.807) is 31.5 Å². The summed E-state index contributed by atoms with van der Waals surface area (Å²) in [7, 11) is 0. The van der Waals surface area contributed by atoms with Crippen molar-refractivity contribution in [2.75, 3.05) is 6.61 Å². The van der Waals surface area contributed by atoms with Gasteiger partial charge in [0.05, 0.1) is 11.5 Å². The van der Waals surface area contributed by atoms with Crippen molar-refractivity contribution in [3.8, 4) is 11.5 Å². The van der Waals surface area contributed by atoms with Crippen LogP contribution in [0.4, 0.5) is 5.69 Å². The average molecular weight is 302 g/mol. The van der Waals surface area contributed by atoms with E-state index >= 15 is 0 Å². The summed E-state index contributed by atoms with van der Waals surface area (Å²) in [5.41, 5.74) is 0.611. The van der Waals surface area contributed by atoms with Crippen LogP contribution in [0.1, 0.15) is 22.8 Å². The Morgan fingerprint density at radius 1 is 1.36 bits per heavy atom. The predicted molar refractivity (Wildman–Crippen MR) is 78.2 cm³/mol. The van der Waals surface area contributed by atoms with Gasteiger partial charge in [-0.1, -0.05) is 6.07 Å². The van der Waals surface area contributed by atoms with Crippen LogP contribution in [0.15, 0.2) is 36.7 Å². The van der Waals surface area contributed by atoms with E-state index in [2.05, 4.69) is 4.98 Å². The number of ether oxygens (including phenoxy) is 2. The number of hydrogen-bond donors (Lipinski definition) is 0. The fourth-order valence-electron chi connectivity index (χ4n) is 1.86. The van der Waals surface area contributed by atoms with Crippen LogP contribution in [0.25, 0.3) is 0 Å². The molecule has 1 aromatic heterocycles. The molecule has 0 aliphatic heterocycles. The van der Waals surface area contributed by atoms with Crippen LogP contribution in [0, 0.1) is 10.1 Å². The molecule has 0 saturated heterocycles. The van der Waals surface area contributed by atoms with Crippen LogP contribution < -0.4 is 9.47 Å². The molecule has 7 nitrogen and oxygen atoms in total. The first kappa shape index (κ1) is 15.4. The molecule has 0 aliphatic rings. The lowest BCUT2D eigenvalue weighted by Gasteiger charge is -2.12. The maximum absolute atomic E-state index is 11.2. The van der Waals surface area contributed by atoms with E-state index in [4.69, 9.17) is 9.47 Å². The molecule has 2 aromatic rings. The van der Waals surface area contributed by atoms with E-state index in [1.165, 1.54) is 6.07 Å². The molecule has 22 heavy (non-hydrogen) atoms. The number of carbonyl (C=O) groups is 1. The van der Waals surface area contributed by atoms with Crippen molar-refractivity contribution >= 4 is 12.0 Å². The highest BCUT2D eigenvalue weighted by atomic mass is 16.6. The van der Waals surface area contributed by atoms with Crippen LogP contribution in [0.3, 0.4) is 0 Å². The summed E-state index contributed by atoms with van der Waals surface area (Å²) in [6.45, 7) is 2.14. The molecule has 0 aliphatic carbocycles. The lowest BCUT2D eigenvalue weighted by molar-refractivity contribution is -0.386. The smallest absolute Gasteiger partial charge is 0.315 e. The van der Waals surface area contributed by atoms with Crippen molar-refractivity contribution in [3.63, 3.8) is 0 Å². The van der Waals surface area contributed by atoms with Crippen molar-refractivity contribution in [1.82, 2.24) is 4.98 Å². The van der Waals surface area contributed by atoms with Gasteiger partial charge in [-0.25, -0.2) is 0 Å². The highest BCUT2D eigenvalue weighted by molar-refractivity contribution is 5.79. The SMILES string of the molecule is CCOc1cc(C=O)cc([N+](=O)[O-])c1OCc1cccnc1. The number of nitro groups is 1. The molecular weight excluding hydrogens is 288 g/mol. The minimum atomic E-state index is -0.603. The standard InChI is InChI=1S/C15H14N2O5/c1-2-21-14-7-12(9-18)6-13(17(19)20)15(14)22-10-11-4-3-5-16-8-11/h3-9H,2,10H2,1H3. The number of nitro benzene ring substituents is 1. The van der Waals surface area contributed by atoms with Gasteiger partial charge < -0.3 is 9.47 Å². The Morgan fingerprint density at radius 3 is 2.77 bits per heavy atom. The van der Waals surface area contributed by atoms with Gasteiger partial charge in [-0.15, -0.1) is 0 Å². The van der Waals surface area contributed by atoms with Gasteiger partial charge in [0.1, 0.15) is 12.9 Å². The molecule has 2 rings (SSSR count). The van der Waals surface area contributed by atoms with E-state index in [-0.39, 0.29) is 29.4 Å². The van der Waals surface area contributed by atoms with Crippen LogP contribution >= 0.6 is 0 Å². The first-order valence-corrected chi connectivity index (χ1v) is 6.57. The molecule has 0 bridgehead atoms. The van der Waals surface area contributed by atoms with Crippen molar-refractivity contribution in [3.05, 3.63) is 57.9 Å². The second-order valence-electron chi connectivity index (χ2n) is 4.33. The molecule has 1 aromatic carbocycles. The largest absolute Gasteiger partial charge is 0.490 e. The second-order valence-corrected chi connectivity index (χ2v) is 4.33. The summed E-state index contributed by atoms with van der Waals surface area (Å²) in [5, 5.41) is 11.2. The zero-order valence-electron chi connectivity index (χ0n) is 11.9. The Morgan fingerprint density at radius 2 is 2.18 bits per heavy atom. The van der Waals surface area contributed by atoms with Gasteiger partial charge >= 0.3 is 5.69 Å². The third-order valence-corrected chi connectivity index (χ3v) is 2.80. The van der Waals surface area contributed by atoms with Crippen molar-refractivity contribution < 1.29 is 19.2 Å². The summed E-state index contributed by atoms with van der Waals surface area (Å²) >= 11 is 0. The minimum absolute atomic E-state index is 0.00121. The number of hydrogen-bond acceptors (Lipinski definition) is 6. The van der Waals surface area contributed by atoms with Gasteiger partial charge in [0.25, 0.3) is 0 Å². The fourth-order valence-corrected chi connectivity index (χ4v) is 1.86. The zero-order chi connectivity index (χ0) is 15.9. The average Bonchev–Trinajstić information content (AvgIpc) is 2.54. The topological polar surface area (TPSA) is 91.6 Å². The van der Waals surface area contributed by atoms with Gasteiger partial charge in [-0.05, 0) is 19.1 Å². The molecule has 1 heterocycles. The molecule has 0 fully saturated rings. The number of aldehydes is 1. The highest BCUT2D eigenvalue weighted by Crippen LogP contribution is 2.38. The van der Waals surface area contributed by atoms with E-state index in [1.807, 2.05) is 0 Å². The minimum Gasteiger partial charge on any atom is -0.490 e. The van der Waals surface area contributed by atoms with Crippen LogP contribution in [0.2, 0.25) is 0 Å². The fraction of sp³-hybridized carbons (Fsp3) is 0.200. The predicted octanol–water partition coefficient (Wildman–Crippen LogP) is 2.78. The van der Waals surface area contributed by atoms with Crippen LogP contribution in [0.5, 0.6) is 11.5 Å². The molecule has 0 N–H and O–H groups in total. The van der Waals surface area contributed by atoms with E-state index < -0.39 is 4.92 Å². The van der Waals surface area contributed by atoms with Gasteiger partial charge in [-0.3, -0.25) is 19.9 Å².